The Labute approximate surface area is 118 Å². The summed E-state index contributed by atoms with van der Waals surface area (Å²) in [7, 11) is 0. The minimum Gasteiger partial charge on any atom is -0.445 e. The third-order valence-corrected chi connectivity index (χ3v) is 2.98. The molecule has 0 atom stereocenters. The topological polar surface area (TPSA) is 56.2 Å². The van der Waals surface area contributed by atoms with Crippen molar-refractivity contribution in [3.8, 4) is 0 Å². The molecule has 5 heteroatoms. The number of aryl methyl sites for hydroxylation is 2. The van der Waals surface area contributed by atoms with E-state index < -0.39 is 0 Å². The molecule has 5 nitrogen and oxygen atoms in total. The standard InChI is InChI=1S/C15H19N3O2/c1-13-16-9-11-18(13)10-5-8-17-15(19)20-12-14-6-3-2-4-7-14/h2-4,6-7,9,11H,5,8,10,12H2,1H3,(H,17,19). The fourth-order valence-corrected chi connectivity index (χ4v) is 1.85. The van der Waals surface area contributed by atoms with Gasteiger partial charge < -0.3 is 14.6 Å². The smallest absolute Gasteiger partial charge is 0.407 e. The number of aromatic nitrogens is 2. The SMILES string of the molecule is Cc1nccn1CCCNC(=O)OCc1ccccc1. The lowest BCUT2D eigenvalue weighted by atomic mass is 10.2. The number of nitrogens with one attached hydrogen (secondary N) is 1. The Morgan fingerprint density at radius 2 is 2.15 bits per heavy atom. The van der Waals surface area contributed by atoms with Gasteiger partial charge in [0.05, 0.1) is 0 Å². The van der Waals surface area contributed by atoms with Crippen LogP contribution in [0, 0.1) is 6.92 Å². The molecule has 0 spiro atoms. The predicted octanol–water partition coefficient (Wildman–Crippen LogP) is 2.51. The van der Waals surface area contributed by atoms with Gasteiger partial charge in [0, 0.05) is 25.5 Å². The van der Waals surface area contributed by atoms with Crippen molar-refractivity contribution in [2.75, 3.05) is 6.54 Å². The molecule has 0 aliphatic carbocycles. The monoisotopic (exact) mass is 273 g/mol. The van der Waals surface area contributed by atoms with E-state index in [9.17, 15) is 4.79 Å². The summed E-state index contributed by atoms with van der Waals surface area (Å²) in [6.45, 7) is 3.69. The van der Waals surface area contributed by atoms with Crippen molar-refractivity contribution in [2.24, 2.45) is 0 Å². The molecule has 0 saturated carbocycles. The van der Waals surface area contributed by atoms with Crippen molar-refractivity contribution >= 4 is 6.09 Å². The Kier molecular flexibility index (Phi) is 5.17. The summed E-state index contributed by atoms with van der Waals surface area (Å²) in [5, 5.41) is 2.74. The maximum Gasteiger partial charge on any atom is 0.407 e. The van der Waals surface area contributed by atoms with Crippen molar-refractivity contribution < 1.29 is 9.53 Å². The molecule has 1 heterocycles. The first-order chi connectivity index (χ1) is 9.75. The third-order valence-electron chi connectivity index (χ3n) is 2.98. The van der Waals surface area contributed by atoms with Crippen molar-refractivity contribution in [1.29, 1.82) is 0 Å². The summed E-state index contributed by atoms with van der Waals surface area (Å²) in [6.07, 6.45) is 4.17. The molecule has 1 amide bonds. The molecule has 2 rings (SSSR count). The number of benzene rings is 1. The molecule has 0 bridgehead atoms. The fourth-order valence-electron chi connectivity index (χ4n) is 1.85. The van der Waals surface area contributed by atoms with Gasteiger partial charge in [-0.25, -0.2) is 9.78 Å². The minimum absolute atomic E-state index is 0.299. The molecule has 1 aromatic heterocycles. The average molecular weight is 273 g/mol. The molecule has 0 fully saturated rings. The lowest BCUT2D eigenvalue weighted by Gasteiger charge is -2.08. The van der Waals surface area contributed by atoms with Gasteiger partial charge in [0.1, 0.15) is 12.4 Å². The lowest BCUT2D eigenvalue weighted by Crippen LogP contribution is -2.26. The van der Waals surface area contributed by atoms with Gasteiger partial charge in [-0.3, -0.25) is 0 Å². The molecule has 20 heavy (non-hydrogen) atoms. The summed E-state index contributed by atoms with van der Waals surface area (Å²) in [5.74, 6) is 0.983. The highest BCUT2D eigenvalue weighted by molar-refractivity contribution is 5.67. The maximum absolute atomic E-state index is 11.5. The molecule has 1 aromatic carbocycles. The van der Waals surface area contributed by atoms with E-state index in [1.54, 1.807) is 6.20 Å². The van der Waals surface area contributed by atoms with Crippen LogP contribution in [0.3, 0.4) is 0 Å². The van der Waals surface area contributed by atoms with Crippen molar-refractivity contribution in [3.63, 3.8) is 0 Å². The quantitative estimate of drug-likeness (QED) is 0.823. The lowest BCUT2D eigenvalue weighted by molar-refractivity contribution is 0.139. The summed E-state index contributed by atoms with van der Waals surface area (Å²) < 4.78 is 7.17. The Balaban J connectivity index is 1.60. The van der Waals surface area contributed by atoms with Crippen LogP contribution in [0.25, 0.3) is 0 Å². The molecule has 106 valence electrons. The molecule has 0 unspecified atom stereocenters. The van der Waals surface area contributed by atoms with Crippen LogP contribution in [0.2, 0.25) is 0 Å². The van der Waals surface area contributed by atoms with E-state index >= 15 is 0 Å². The third kappa shape index (κ3) is 4.42. The van der Waals surface area contributed by atoms with Gasteiger partial charge in [-0.1, -0.05) is 30.3 Å². The van der Waals surface area contributed by atoms with Crippen LogP contribution in [0.15, 0.2) is 42.7 Å². The molecule has 0 aliphatic rings. The second kappa shape index (κ2) is 7.33. The number of rotatable bonds is 6. The molecule has 0 radical (unpaired) electrons. The summed E-state index contributed by atoms with van der Waals surface area (Å²) in [4.78, 5) is 15.6. The highest BCUT2D eigenvalue weighted by Gasteiger charge is 2.02. The zero-order valence-corrected chi connectivity index (χ0v) is 11.6. The molecule has 0 aliphatic heterocycles. The molecule has 0 saturated heterocycles. The Morgan fingerprint density at radius 3 is 2.85 bits per heavy atom. The normalized spacial score (nSPS) is 10.2. The number of alkyl carbamates (subject to hydrolysis) is 1. The van der Waals surface area contributed by atoms with Crippen LogP contribution in [0.1, 0.15) is 17.8 Å². The van der Waals surface area contributed by atoms with Gasteiger partial charge in [0.2, 0.25) is 0 Å². The zero-order chi connectivity index (χ0) is 14.2. The highest BCUT2D eigenvalue weighted by Crippen LogP contribution is 2.00. The van der Waals surface area contributed by atoms with Gasteiger partial charge in [-0.2, -0.15) is 0 Å². The van der Waals surface area contributed by atoms with E-state index in [-0.39, 0.29) is 6.09 Å². The summed E-state index contributed by atoms with van der Waals surface area (Å²) in [6, 6.07) is 9.62. The van der Waals surface area contributed by atoms with Crippen LogP contribution >= 0.6 is 0 Å². The fraction of sp³-hybridized carbons (Fsp3) is 0.333. The molecular formula is C15H19N3O2. The number of carbonyl (C=O) groups is 1. The van der Waals surface area contributed by atoms with Crippen molar-refractivity contribution in [1.82, 2.24) is 14.9 Å². The van der Waals surface area contributed by atoms with Crippen LogP contribution in [-0.2, 0) is 17.9 Å². The second-order valence-corrected chi connectivity index (χ2v) is 4.51. The van der Waals surface area contributed by atoms with Gasteiger partial charge in [0.25, 0.3) is 0 Å². The number of hydrogen-bond acceptors (Lipinski definition) is 3. The van der Waals surface area contributed by atoms with Gasteiger partial charge in [-0.05, 0) is 18.9 Å². The van der Waals surface area contributed by atoms with E-state index in [4.69, 9.17) is 4.74 Å². The van der Waals surface area contributed by atoms with Crippen LogP contribution in [0.5, 0.6) is 0 Å². The van der Waals surface area contributed by atoms with E-state index in [2.05, 4.69) is 14.9 Å². The summed E-state index contributed by atoms with van der Waals surface area (Å²) >= 11 is 0. The first-order valence-electron chi connectivity index (χ1n) is 6.68. The Morgan fingerprint density at radius 1 is 1.35 bits per heavy atom. The van der Waals surface area contributed by atoms with Crippen LogP contribution < -0.4 is 5.32 Å². The zero-order valence-electron chi connectivity index (χ0n) is 11.6. The largest absolute Gasteiger partial charge is 0.445 e. The Bertz CT molecular complexity index is 537. The maximum atomic E-state index is 11.5. The highest BCUT2D eigenvalue weighted by atomic mass is 16.5. The van der Waals surface area contributed by atoms with E-state index in [1.165, 1.54) is 0 Å². The number of carbonyl (C=O) groups excluding carboxylic acids is 1. The Hall–Kier alpha value is -2.30. The molecule has 1 N–H and O–H groups in total. The van der Waals surface area contributed by atoms with Gasteiger partial charge >= 0.3 is 6.09 Å². The van der Waals surface area contributed by atoms with Crippen LogP contribution in [0.4, 0.5) is 4.79 Å². The number of ether oxygens (including phenoxy) is 1. The average Bonchev–Trinajstić information content (AvgIpc) is 2.88. The number of imidazole rings is 1. The van der Waals surface area contributed by atoms with Crippen molar-refractivity contribution in [2.45, 2.75) is 26.5 Å². The van der Waals surface area contributed by atoms with E-state index in [0.717, 1.165) is 24.4 Å². The van der Waals surface area contributed by atoms with Gasteiger partial charge in [-0.15, -0.1) is 0 Å². The molecule has 2 aromatic rings. The second-order valence-electron chi connectivity index (χ2n) is 4.51. The number of amides is 1. The van der Waals surface area contributed by atoms with E-state index in [0.29, 0.717) is 13.2 Å². The first kappa shape index (κ1) is 14.1. The summed E-state index contributed by atoms with van der Waals surface area (Å²) in [5.41, 5.74) is 0.983. The predicted molar refractivity (Wildman–Crippen MR) is 76.2 cm³/mol. The minimum atomic E-state index is -0.379. The number of nitrogens with zero attached hydrogens (tertiary/aromatic N) is 2. The number of hydrogen-bond donors (Lipinski definition) is 1. The van der Waals surface area contributed by atoms with Gasteiger partial charge in [0.15, 0.2) is 0 Å². The van der Waals surface area contributed by atoms with E-state index in [1.807, 2.05) is 43.5 Å². The molecular weight excluding hydrogens is 254 g/mol. The van der Waals surface area contributed by atoms with Crippen LogP contribution in [-0.4, -0.2) is 22.2 Å². The van der Waals surface area contributed by atoms with Crippen molar-refractivity contribution in [3.05, 3.63) is 54.1 Å². The first-order valence-corrected chi connectivity index (χ1v) is 6.68.